The zero-order chi connectivity index (χ0) is 24.1. The second-order valence-electron chi connectivity index (χ2n) is 7.79. The molecule has 0 bridgehead atoms. The van der Waals surface area contributed by atoms with Gasteiger partial charge in [-0.1, -0.05) is 6.07 Å². The number of nitrogens with zero attached hydrogens (tertiary/aromatic N) is 4. The number of aliphatic imine (C=N–C) groups is 1. The number of fused-ring (bicyclic) bond motifs is 1. The number of nitrogens with one attached hydrogen (secondary N) is 1. The van der Waals surface area contributed by atoms with E-state index in [1.807, 2.05) is 5.38 Å². The Morgan fingerprint density at radius 2 is 1.97 bits per heavy atom. The summed E-state index contributed by atoms with van der Waals surface area (Å²) in [6.07, 6.45) is 5.13. The van der Waals surface area contributed by atoms with E-state index < -0.39 is 17.5 Å². The number of halogens is 3. The molecule has 1 atom stereocenters. The number of amidine groups is 1. The second kappa shape index (κ2) is 11.3. The molecule has 0 spiro atoms. The van der Waals surface area contributed by atoms with Gasteiger partial charge in [0.15, 0.2) is 28.3 Å². The average Bonchev–Trinajstić information content (AvgIpc) is 3.62. The van der Waals surface area contributed by atoms with Gasteiger partial charge in [-0.15, -0.1) is 11.3 Å². The van der Waals surface area contributed by atoms with E-state index in [1.54, 1.807) is 29.7 Å². The van der Waals surface area contributed by atoms with E-state index in [1.165, 1.54) is 20.0 Å². The smallest absolute Gasteiger partial charge is 0.337 e. The van der Waals surface area contributed by atoms with Gasteiger partial charge in [0.1, 0.15) is 0 Å². The third kappa shape index (κ3) is 5.62. The van der Waals surface area contributed by atoms with Crippen molar-refractivity contribution in [2.75, 3.05) is 33.3 Å². The lowest BCUT2D eigenvalue weighted by Gasteiger charge is -2.26. The molecule has 0 unspecified atom stereocenters. The van der Waals surface area contributed by atoms with Crippen molar-refractivity contribution in [2.24, 2.45) is 4.99 Å². The fraction of sp³-hybridized carbons (Fsp3) is 0.409. The number of carbonyl (C=O) groups is 1. The monoisotopic (exact) mass is 511 g/mol. The summed E-state index contributed by atoms with van der Waals surface area (Å²) < 4.78 is 46.8. The highest BCUT2D eigenvalue weighted by Gasteiger charge is 2.37. The van der Waals surface area contributed by atoms with Crippen molar-refractivity contribution in [3.05, 3.63) is 63.5 Å². The van der Waals surface area contributed by atoms with Crippen molar-refractivity contribution in [3.8, 4) is 0 Å². The van der Waals surface area contributed by atoms with Crippen LogP contribution in [0.2, 0.25) is 0 Å². The van der Waals surface area contributed by atoms with Crippen LogP contribution in [0.1, 0.15) is 24.3 Å². The van der Waals surface area contributed by atoms with Crippen LogP contribution in [0.4, 0.5) is 13.2 Å². The number of thiazole rings is 1. The zero-order valence-corrected chi connectivity index (χ0v) is 20.1. The number of aromatic nitrogens is 1. The molecule has 1 N–H and O–H groups in total. The molecule has 3 aliphatic heterocycles. The van der Waals surface area contributed by atoms with E-state index in [4.69, 9.17) is 4.74 Å². The van der Waals surface area contributed by atoms with Crippen LogP contribution in [0.3, 0.4) is 0 Å². The maximum Gasteiger partial charge on any atom is 0.337 e. The number of hydrogen-bond donors (Lipinski definition) is 1. The Bertz CT molecular complexity index is 1050. The normalized spacial score (nSPS) is 20.1. The van der Waals surface area contributed by atoms with Gasteiger partial charge >= 0.3 is 5.97 Å². The third-order valence-electron chi connectivity index (χ3n) is 5.53. The summed E-state index contributed by atoms with van der Waals surface area (Å²) in [4.78, 5) is 23.3. The van der Waals surface area contributed by atoms with Crippen LogP contribution in [-0.4, -0.2) is 65.3 Å². The van der Waals surface area contributed by atoms with Gasteiger partial charge in [0.2, 0.25) is 0 Å². The van der Waals surface area contributed by atoms with Gasteiger partial charge in [-0.05, 0) is 25.0 Å². The predicted octanol–water partition coefficient (Wildman–Crippen LogP) is 3.76. The molecule has 7 nitrogen and oxygen atoms in total. The fourth-order valence-electron chi connectivity index (χ4n) is 3.88. The van der Waals surface area contributed by atoms with Gasteiger partial charge in [-0.3, -0.25) is 4.99 Å². The number of hydrogen-bond acceptors (Lipinski definition) is 9. The van der Waals surface area contributed by atoms with Crippen molar-refractivity contribution in [3.63, 3.8) is 0 Å². The molecule has 0 aliphatic carbocycles. The van der Waals surface area contributed by atoms with Crippen LogP contribution >= 0.6 is 23.5 Å². The number of esters is 1. The van der Waals surface area contributed by atoms with Gasteiger partial charge in [-0.25, -0.2) is 32.0 Å². The zero-order valence-electron chi connectivity index (χ0n) is 18.5. The van der Waals surface area contributed by atoms with Gasteiger partial charge in [-0.2, -0.15) is 0 Å². The first-order valence-corrected chi connectivity index (χ1v) is 12.4. The van der Waals surface area contributed by atoms with E-state index in [0.29, 0.717) is 12.1 Å². The van der Waals surface area contributed by atoms with E-state index in [9.17, 15) is 18.0 Å². The average molecular weight is 512 g/mol. The third-order valence-corrected chi connectivity index (χ3v) is 7.36. The van der Waals surface area contributed by atoms with Crippen molar-refractivity contribution in [2.45, 2.75) is 25.3 Å². The summed E-state index contributed by atoms with van der Waals surface area (Å²) in [5.74, 6) is -3.15. The number of benzene rings is 1. The Labute approximate surface area is 204 Å². The minimum Gasteiger partial charge on any atom is -0.466 e. The molecule has 3 aliphatic rings. The van der Waals surface area contributed by atoms with Crippen molar-refractivity contribution < 1.29 is 22.7 Å². The lowest BCUT2D eigenvalue weighted by atomic mass is 10.1. The first-order valence-electron chi connectivity index (χ1n) is 10.8. The number of ether oxygens (including phenoxy) is 1. The Morgan fingerprint density at radius 1 is 1.24 bits per heavy atom. The van der Waals surface area contributed by atoms with E-state index >= 15 is 0 Å². The van der Waals surface area contributed by atoms with Crippen molar-refractivity contribution in [1.82, 2.24) is 18.9 Å². The Hall–Kier alpha value is -2.41. The van der Waals surface area contributed by atoms with Gasteiger partial charge in [0.05, 0.1) is 19.2 Å². The minimum atomic E-state index is -1.42. The number of carbonyl (C=O) groups excluding carboxylic acids is 1. The standard InChI is InChI=1S/C16H21N5O2S2.C6H3F3/c1-23-16(22)12-9-18-14(15-17-4-7-24-15)21-10-11(8-13(12)21)19-25-20-5-2-3-6-20;7-4-2-1-3-5(8)6(4)9/h4,7,11,19H,2-3,5-6,8-10H2,1H3;1-3H/t11-;/m0./s1. The molecule has 182 valence electrons. The summed E-state index contributed by atoms with van der Waals surface area (Å²) in [5, 5.41) is 2.85. The molecule has 1 aromatic carbocycles. The lowest BCUT2D eigenvalue weighted by Crippen LogP contribution is -2.36. The quantitative estimate of drug-likeness (QED) is 0.373. The first kappa shape index (κ1) is 24.7. The van der Waals surface area contributed by atoms with Crippen LogP contribution in [0, 0.1) is 17.5 Å². The Kier molecular flexibility index (Phi) is 8.24. The fourth-order valence-corrected chi connectivity index (χ4v) is 5.43. The summed E-state index contributed by atoms with van der Waals surface area (Å²) >= 11 is 3.28. The molecule has 2 aromatic rings. The van der Waals surface area contributed by atoms with Crippen molar-refractivity contribution in [1.29, 1.82) is 0 Å². The largest absolute Gasteiger partial charge is 0.466 e. The summed E-state index contributed by atoms with van der Waals surface area (Å²) in [6.45, 7) is 3.42. The van der Waals surface area contributed by atoms with Gasteiger partial charge in [0, 0.05) is 61.5 Å². The van der Waals surface area contributed by atoms with Crippen molar-refractivity contribution >= 4 is 35.3 Å². The van der Waals surface area contributed by atoms with Crippen LogP contribution in [-0.2, 0) is 9.53 Å². The minimum absolute atomic E-state index is 0.267. The van der Waals surface area contributed by atoms with Gasteiger partial charge < -0.3 is 9.64 Å². The number of rotatable bonds is 5. The molecular weight excluding hydrogens is 487 g/mol. The summed E-state index contributed by atoms with van der Waals surface area (Å²) in [5.41, 5.74) is 1.69. The SMILES string of the molecule is COC(=O)C1=C2C[C@H](NSN3CCCC3)CN2C(c2nccs2)=NC1.Fc1cccc(F)c1F. The summed E-state index contributed by atoms with van der Waals surface area (Å²) in [6, 6.07) is 3.09. The van der Waals surface area contributed by atoms with E-state index in [0.717, 1.165) is 60.8 Å². The van der Waals surface area contributed by atoms with E-state index in [-0.39, 0.29) is 12.0 Å². The molecule has 5 rings (SSSR count). The van der Waals surface area contributed by atoms with E-state index in [2.05, 4.69) is 23.9 Å². The molecular formula is C22H24F3N5O2S2. The highest BCUT2D eigenvalue weighted by Crippen LogP contribution is 2.32. The van der Waals surface area contributed by atoms with Crippen LogP contribution in [0.5, 0.6) is 0 Å². The summed E-state index contributed by atoms with van der Waals surface area (Å²) in [7, 11) is 1.42. The highest BCUT2D eigenvalue weighted by atomic mass is 32.2. The molecule has 12 heteroatoms. The molecule has 0 radical (unpaired) electrons. The Morgan fingerprint density at radius 3 is 2.59 bits per heavy atom. The highest BCUT2D eigenvalue weighted by molar-refractivity contribution is 7.95. The van der Waals surface area contributed by atoms with Crippen LogP contribution in [0.25, 0.3) is 0 Å². The lowest BCUT2D eigenvalue weighted by molar-refractivity contribution is -0.136. The number of methoxy groups -OCH3 is 1. The molecule has 2 fully saturated rings. The molecule has 2 saturated heterocycles. The molecule has 0 saturated carbocycles. The predicted molar refractivity (Wildman–Crippen MR) is 126 cm³/mol. The maximum atomic E-state index is 12.2. The maximum absolute atomic E-state index is 12.2. The second-order valence-corrected chi connectivity index (χ2v) is 9.62. The molecule has 34 heavy (non-hydrogen) atoms. The molecule has 4 heterocycles. The molecule has 0 amide bonds. The first-order chi connectivity index (χ1) is 16.5. The Balaban J connectivity index is 0.000000257. The van der Waals surface area contributed by atoms with Crippen LogP contribution in [0.15, 0.2) is 46.0 Å². The van der Waals surface area contributed by atoms with Gasteiger partial charge in [0.25, 0.3) is 0 Å². The molecule has 1 aromatic heterocycles. The topological polar surface area (TPSA) is 70.1 Å². The van der Waals surface area contributed by atoms with Crippen LogP contribution < -0.4 is 4.72 Å².